The highest BCUT2D eigenvalue weighted by Crippen LogP contribution is 2.23. The summed E-state index contributed by atoms with van der Waals surface area (Å²) in [6, 6.07) is 12.9. The van der Waals surface area contributed by atoms with Gasteiger partial charge in [0.25, 0.3) is 5.91 Å². The molecule has 2 aromatic rings. The lowest BCUT2D eigenvalue weighted by Crippen LogP contribution is -2.52. The zero-order valence-corrected chi connectivity index (χ0v) is 13.5. The largest absolute Gasteiger partial charge is 0.333 e. The summed E-state index contributed by atoms with van der Waals surface area (Å²) in [6.07, 6.45) is 0. The Balaban J connectivity index is 1.87. The molecule has 1 unspecified atom stereocenters. The van der Waals surface area contributed by atoms with E-state index in [0.29, 0.717) is 6.54 Å². The van der Waals surface area contributed by atoms with Crippen LogP contribution in [0.3, 0.4) is 0 Å². The number of hydrogen-bond donors (Lipinski definition) is 1. The second kappa shape index (κ2) is 6.50. The first kappa shape index (κ1) is 15.7. The summed E-state index contributed by atoms with van der Waals surface area (Å²) < 4.78 is 14.5. The standard InChI is InChI=1S/C19H21FN2O/c1-13-3-5-15(6-4-13)16-7-8-17(18(20)11-16)19(23)22-10-9-21-12-14(22)2/h3-8,11,14,21H,9-10,12H2,1-2H3. The molecular formula is C19H21FN2O. The molecule has 1 atom stereocenters. The van der Waals surface area contributed by atoms with Crippen LogP contribution in [0, 0.1) is 12.7 Å². The number of benzene rings is 2. The lowest BCUT2D eigenvalue weighted by molar-refractivity contribution is 0.0651. The molecule has 1 amide bonds. The average Bonchev–Trinajstić information content (AvgIpc) is 2.55. The molecule has 4 heteroatoms. The summed E-state index contributed by atoms with van der Waals surface area (Å²) in [5, 5.41) is 3.23. The zero-order chi connectivity index (χ0) is 16.4. The highest BCUT2D eigenvalue weighted by molar-refractivity contribution is 5.95. The van der Waals surface area contributed by atoms with Crippen LogP contribution in [-0.2, 0) is 0 Å². The van der Waals surface area contributed by atoms with Crippen molar-refractivity contribution in [1.82, 2.24) is 10.2 Å². The number of carbonyl (C=O) groups is 1. The number of nitrogens with one attached hydrogen (secondary N) is 1. The van der Waals surface area contributed by atoms with Crippen molar-refractivity contribution < 1.29 is 9.18 Å². The quantitative estimate of drug-likeness (QED) is 0.923. The molecule has 1 saturated heterocycles. The first-order valence-corrected chi connectivity index (χ1v) is 7.94. The van der Waals surface area contributed by atoms with Crippen LogP contribution >= 0.6 is 0 Å². The zero-order valence-electron chi connectivity index (χ0n) is 13.5. The van der Waals surface area contributed by atoms with Crippen LogP contribution in [0.1, 0.15) is 22.8 Å². The molecule has 23 heavy (non-hydrogen) atoms. The third-order valence-electron chi connectivity index (χ3n) is 4.35. The van der Waals surface area contributed by atoms with Gasteiger partial charge in [-0.05, 0) is 37.1 Å². The number of amides is 1. The second-order valence-corrected chi connectivity index (χ2v) is 6.11. The molecule has 1 N–H and O–H groups in total. The highest BCUT2D eigenvalue weighted by atomic mass is 19.1. The molecule has 0 aliphatic carbocycles. The number of carbonyl (C=O) groups excluding carboxylic acids is 1. The number of piperazine rings is 1. The van der Waals surface area contributed by atoms with E-state index in [9.17, 15) is 9.18 Å². The van der Waals surface area contributed by atoms with Gasteiger partial charge in [0.05, 0.1) is 5.56 Å². The third-order valence-corrected chi connectivity index (χ3v) is 4.35. The van der Waals surface area contributed by atoms with Crippen molar-refractivity contribution in [3.05, 3.63) is 59.4 Å². The summed E-state index contributed by atoms with van der Waals surface area (Å²) in [7, 11) is 0. The molecule has 2 aromatic carbocycles. The average molecular weight is 312 g/mol. The number of rotatable bonds is 2. The minimum absolute atomic E-state index is 0.0763. The Hall–Kier alpha value is -2.20. The van der Waals surface area contributed by atoms with Gasteiger partial charge in [-0.1, -0.05) is 35.9 Å². The number of hydrogen-bond acceptors (Lipinski definition) is 2. The van der Waals surface area contributed by atoms with Crippen LogP contribution in [0.2, 0.25) is 0 Å². The van der Waals surface area contributed by atoms with Gasteiger partial charge in [-0.25, -0.2) is 4.39 Å². The molecule has 3 nitrogen and oxygen atoms in total. The van der Waals surface area contributed by atoms with Crippen LogP contribution in [0.4, 0.5) is 4.39 Å². The van der Waals surface area contributed by atoms with Crippen LogP contribution in [0.5, 0.6) is 0 Å². The molecule has 3 rings (SSSR count). The fraction of sp³-hybridized carbons (Fsp3) is 0.316. The Morgan fingerprint density at radius 3 is 2.52 bits per heavy atom. The topological polar surface area (TPSA) is 32.3 Å². The predicted octanol–water partition coefficient (Wildman–Crippen LogP) is 3.24. The third kappa shape index (κ3) is 3.27. The summed E-state index contributed by atoms with van der Waals surface area (Å²) >= 11 is 0. The second-order valence-electron chi connectivity index (χ2n) is 6.11. The van der Waals surface area contributed by atoms with Crippen LogP contribution < -0.4 is 5.32 Å². The first-order chi connectivity index (χ1) is 11.1. The SMILES string of the molecule is Cc1ccc(-c2ccc(C(=O)N3CCNCC3C)c(F)c2)cc1. The maximum absolute atomic E-state index is 14.5. The van der Waals surface area contributed by atoms with E-state index in [0.717, 1.165) is 29.8 Å². The van der Waals surface area contributed by atoms with Gasteiger partial charge >= 0.3 is 0 Å². The number of halogens is 1. The van der Waals surface area contributed by atoms with Gasteiger partial charge in [-0.3, -0.25) is 4.79 Å². The van der Waals surface area contributed by atoms with Gasteiger partial charge in [0, 0.05) is 25.7 Å². The van der Waals surface area contributed by atoms with Gasteiger partial charge < -0.3 is 10.2 Å². The molecule has 0 aromatic heterocycles. The van der Waals surface area contributed by atoms with Crippen LogP contribution in [0.25, 0.3) is 11.1 Å². The molecule has 1 fully saturated rings. The van der Waals surface area contributed by atoms with E-state index < -0.39 is 5.82 Å². The smallest absolute Gasteiger partial charge is 0.257 e. The van der Waals surface area contributed by atoms with E-state index in [1.807, 2.05) is 44.2 Å². The monoisotopic (exact) mass is 312 g/mol. The molecule has 0 spiro atoms. The Morgan fingerprint density at radius 1 is 1.17 bits per heavy atom. The summed E-state index contributed by atoms with van der Waals surface area (Å²) in [5.74, 6) is -0.689. The molecule has 120 valence electrons. The Labute approximate surface area is 136 Å². The fourth-order valence-electron chi connectivity index (χ4n) is 2.91. The molecule has 0 saturated carbocycles. The van der Waals surface area contributed by atoms with Crippen molar-refractivity contribution in [2.45, 2.75) is 19.9 Å². The molecule has 0 radical (unpaired) electrons. The van der Waals surface area contributed by atoms with Gasteiger partial charge in [0.15, 0.2) is 0 Å². The number of aryl methyl sites for hydroxylation is 1. The van der Waals surface area contributed by atoms with Gasteiger partial charge in [-0.15, -0.1) is 0 Å². The van der Waals surface area contributed by atoms with Crippen molar-refractivity contribution in [1.29, 1.82) is 0 Å². The van der Waals surface area contributed by atoms with Crippen LogP contribution in [0.15, 0.2) is 42.5 Å². The van der Waals surface area contributed by atoms with Crippen molar-refractivity contribution in [3.63, 3.8) is 0 Å². The molecule has 0 bridgehead atoms. The van der Waals surface area contributed by atoms with E-state index in [1.165, 1.54) is 6.07 Å². The van der Waals surface area contributed by atoms with E-state index >= 15 is 0 Å². The number of nitrogens with zero attached hydrogens (tertiary/aromatic N) is 1. The highest BCUT2D eigenvalue weighted by Gasteiger charge is 2.26. The van der Waals surface area contributed by atoms with Crippen molar-refractivity contribution in [2.75, 3.05) is 19.6 Å². The fourth-order valence-corrected chi connectivity index (χ4v) is 2.91. The lowest BCUT2D eigenvalue weighted by atomic mass is 10.0. The van der Waals surface area contributed by atoms with Gasteiger partial charge in [0.1, 0.15) is 5.82 Å². The van der Waals surface area contributed by atoms with Crippen LogP contribution in [-0.4, -0.2) is 36.5 Å². The molecule has 1 aliphatic heterocycles. The van der Waals surface area contributed by atoms with Crippen molar-refractivity contribution in [2.24, 2.45) is 0 Å². The van der Waals surface area contributed by atoms with Crippen molar-refractivity contribution >= 4 is 5.91 Å². The lowest BCUT2D eigenvalue weighted by Gasteiger charge is -2.34. The Kier molecular flexibility index (Phi) is 4.44. The van der Waals surface area contributed by atoms with E-state index in [-0.39, 0.29) is 17.5 Å². The molecule has 1 heterocycles. The molecule has 1 aliphatic rings. The van der Waals surface area contributed by atoms with E-state index in [4.69, 9.17) is 0 Å². The summed E-state index contributed by atoms with van der Waals surface area (Å²) in [6.45, 7) is 6.09. The van der Waals surface area contributed by atoms with E-state index in [2.05, 4.69) is 5.32 Å². The Bertz CT molecular complexity index is 712. The van der Waals surface area contributed by atoms with E-state index in [1.54, 1.807) is 11.0 Å². The maximum atomic E-state index is 14.5. The minimum atomic E-state index is -0.459. The van der Waals surface area contributed by atoms with Gasteiger partial charge in [-0.2, -0.15) is 0 Å². The molecular weight excluding hydrogens is 291 g/mol. The normalized spacial score (nSPS) is 18.0. The minimum Gasteiger partial charge on any atom is -0.333 e. The van der Waals surface area contributed by atoms with Crippen molar-refractivity contribution in [3.8, 4) is 11.1 Å². The van der Waals surface area contributed by atoms with Gasteiger partial charge in [0.2, 0.25) is 0 Å². The summed E-state index contributed by atoms with van der Waals surface area (Å²) in [4.78, 5) is 14.3. The predicted molar refractivity (Wildman–Crippen MR) is 89.9 cm³/mol. The maximum Gasteiger partial charge on any atom is 0.257 e. The Morgan fingerprint density at radius 2 is 1.87 bits per heavy atom. The first-order valence-electron chi connectivity index (χ1n) is 7.94. The summed E-state index contributed by atoms with van der Waals surface area (Å²) in [5.41, 5.74) is 3.04.